The molecule has 0 N–H and O–H groups in total. The van der Waals surface area contributed by atoms with Crippen molar-refractivity contribution in [3.8, 4) is 11.5 Å². The highest BCUT2D eigenvalue weighted by Crippen LogP contribution is 2.29. The molecular formula is C19H27NO7S. The van der Waals surface area contributed by atoms with Crippen molar-refractivity contribution in [2.24, 2.45) is 0 Å². The summed E-state index contributed by atoms with van der Waals surface area (Å²) in [5.74, 6) is -0.604. The van der Waals surface area contributed by atoms with E-state index in [-0.39, 0.29) is 34.6 Å². The molecule has 0 bridgehead atoms. The first-order chi connectivity index (χ1) is 13.2. The number of sulfone groups is 1. The van der Waals surface area contributed by atoms with Gasteiger partial charge in [0, 0.05) is 12.1 Å². The number of methoxy groups -OCH3 is 2. The van der Waals surface area contributed by atoms with Gasteiger partial charge in [0.15, 0.2) is 16.4 Å². The van der Waals surface area contributed by atoms with Crippen LogP contribution in [0.3, 0.4) is 0 Å². The second-order valence-electron chi connectivity index (χ2n) is 6.73. The molecule has 1 aromatic rings. The fourth-order valence-electron chi connectivity index (χ4n) is 3.33. The van der Waals surface area contributed by atoms with Crippen LogP contribution in [0.25, 0.3) is 0 Å². The van der Waals surface area contributed by atoms with Gasteiger partial charge in [0.1, 0.15) is 17.1 Å². The standard InChI is InChI=1S/C19H27NO7S/c1-5-13(2)20(14-9-10-28(23,24)12-14)17(21)11-27-19(22)18-15(25-3)7-6-8-16(18)26-4/h6-8,13-14H,5,9-12H2,1-4H3/t13-,14-/m0/s1. The van der Waals surface area contributed by atoms with E-state index in [1.54, 1.807) is 18.2 Å². The molecule has 1 heterocycles. The van der Waals surface area contributed by atoms with Crippen molar-refractivity contribution in [1.29, 1.82) is 0 Å². The zero-order chi connectivity index (χ0) is 20.9. The summed E-state index contributed by atoms with van der Waals surface area (Å²) in [6.07, 6.45) is 1.06. The summed E-state index contributed by atoms with van der Waals surface area (Å²) < 4.78 is 39.2. The Morgan fingerprint density at radius 3 is 2.29 bits per heavy atom. The van der Waals surface area contributed by atoms with Crippen molar-refractivity contribution in [1.82, 2.24) is 4.90 Å². The van der Waals surface area contributed by atoms with Gasteiger partial charge >= 0.3 is 5.97 Å². The van der Waals surface area contributed by atoms with E-state index in [0.29, 0.717) is 12.8 Å². The monoisotopic (exact) mass is 413 g/mol. The summed E-state index contributed by atoms with van der Waals surface area (Å²) in [5.41, 5.74) is 0.0961. The first-order valence-corrected chi connectivity index (χ1v) is 11.0. The van der Waals surface area contributed by atoms with Crippen LogP contribution in [0.2, 0.25) is 0 Å². The Morgan fingerprint density at radius 1 is 1.21 bits per heavy atom. The highest BCUT2D eigenvalue weighted by atomic mass is 32.2. The van der Waals surface area contributed by atoms with Crippen molar-refractivity contribution in [2.45, 2.75) is 38.8 Å². The molecule has 8 nitrogen and oxygen atoms in total. The van der Waals surface area contributed by atoms with E-state index < -0.39 is 34.4 Å². The lowest BCUT2D eigenvalue weighted by molar-refractivity contribution is -0.138. The number of ether oxygens (including phenoxy) is 3. The van der Waals surface area contributed by atoms with Gasteiger partial charge < -0.3 is 19.1 Å². The van der Waals surface area contributed by atoms with Crippen LogP contribution in [-0.2, 0) is 19.4 Å². The third-order valence-electron chi connectivity index (χ3n) is 4.91. The van der Waals surface area contributed by atoms with Gasteiger partial charge in [-0.15, -0.1) is 0 Å². The van der Waals surface area contributed by atoms with E-state index in [4.69, 9.17) is 14.2 Å². The number of benzene rings is 1. The molecule has 0 unspecified atom stereocenters. The molecule has 0 aliphatic carbocycles. The number of hydrogen-bond donors (Lipinski definition) is 0. The largest absolute Gasteiger partial charge is 0.496 e. The molecule has 1 aromatic carbocycles. The number of carbonyl (C=O) groups is 2. The van der Waals surface area contributed by atoms with Gasteiger partial charge in [-0.1, -0.05) is 13.0 Å². The smallest absolute Gasteiger partial charge is 0.346 e. The van der Waals surface area contributed by atoms with Gasteiger partial charge in [0.2, 0.25) is 0 Å². The zero-order valence-electron chi connectivity index (χ0n) is 16.6. The molecular weight excluding hydrogens is 386 g/mol. The first-order valence-electron chi connectivity index (χ1n) is 9.13. The highest BCUT2D eigenvalue weighted by molar-refractivity contribution is 7.91. The van der Waals surface area contributed by atoms with Gasteiger partial charge in [0.05, 0.1) is 25.7 Å². The Bertz CT molecular complexity index is 799. The molecule has 28 heavy (non-hydrogen) atoms. The number of nitrogens with zero attached hydrogens (tertiary/aromatic N) is 1. The third kappa shape index (κ3) is 4.95. The van der Waals surface area contributed by atoms with E-state index in [2.05, 4.69) is 0 Å². The average molecular weight is 413 g/mol. The van der Waals surface area contributed by atoms with Gasteiger partial charge in [0.25, 0.3) is 5.91 Å². The van der Waals surface area contributed by atoms with Crippen LogP contribution < -0.4 is 9.47 Å². The van der Waals surface area contributed by atoms with E-state index in [9.17, 15) is 18.0 Å². The van der Waals surface area contributed by atoms with Gasteiger partial charge in [-0.25, -0.2) is 13.2 Å². The first kappa shape index (κ1) is 22.0. The molecule has 1 fully saturated rings. The van der Waals surface area contributed by atoms with Crippen molar-refractivity contribution in [3.05, 3.63) is 23.8 Å². The van der Waals surface area contributed by atoms with Gasteiger partial charge in [-0.3, -0.25) is 4.79 Å². The average Bonchev–Trinajstić information content (AvgIpc) is 3.04. The molecule has 2 atom stereocenters. The minimum Gasteiger partial charge on any atom is -0.496 e. The number of rotatable bonds is 8. The lowest BCUT2D eigenvalue weighted by Gasteiger charge is -2.33. The van der Waals surface area contributed by atoms with Gasteiger partial charge in [-0.2, -0.15) is 0 Å². The normalized spacial score (nSPS) is 18.9. The van der Waals surface area contributed by atoms with Crippen LogP contribution in [0.4, 0.5) is 0 Å². The summed E-state index contributed by atoms with van der Waals surface area (Å²) in [5, 5.41) is 0. The predicted molar refractivity (Wildman–Crippen MR) is 103 cm³/mol. The lowest BCUT2D eigenvalue weighted by atomic mass is 10.1. The highest BCUT2D eigenvalue weighted by Gasteiger charge is 2.37. The topological polar surface area (TPSA) is 99.2 Å². The summed E-state index contributed by atoms with van der Waals surface area (Å²) >= 11 is 0. The number of hydrogen-bond acceptors (Lipinski definition) is 7. The second kappa shape index (κ2) is 9.27. The van der Waals surface area contributed by atoms with Crippen molar-refractivity contribution in [3.63, 3.8) is 0 Å². The molecule has 1 saturated heterocycles. The Hall–Kier alpha value is -2.29. The fourth-order valence-corrected chi connectivity index (χ4v) is 5.04. The molecule has 1 aliphatic rings. The van der Waals surface area contributed by atoms with Crippen LogP contribution in [-0.4, -0.2) is 69.6 Å². The zero-order valence-corrected chi connectivity index (χ0v) is 17.5. The van der Waals surface area contributed by atoms with Crippen molar-refractivity contribution in [2.75, 3.05) is 32.3 Å². The maximum Gasteiger partial charge on any atom is 0.346 e. The van der Waals surface area contributed by atoms with Crippen LogP contribution in [0.15, 0.2) is 18.2 Å². The van der Waals surface area contributed by atoms with E-state index in [1.807, 2.05) is 13.8 Å². The minimum atomic E-state index is -3.14. The van der Waals surface area contributed by atoms with E-state index in [0.717, 1.165) is 0 Å². The molecule has 1 amide bonds. The summed E-state index contributed by atoms with van der Waals surface area (Å²) in [4.78, 5) is 26.9. The van der Waals surface area contributed by atoms with E-state index in [1.165, 1.54) is 19.1 Å². The Labute approximate surface area is 165 Å². The van der Waals surface area contributed by atoms with Crippen LogP contribution >= 0.6 is 0 Å². The van der Waals surface area contributed by atoms with Crippen molar-refractivity contribution >= 4 is 21.7 Å². The summed E-state index contributed by atoms with van der Waals surface area (Å²) in [6, 6.07) is 4.30. The molecule has 0 spiro atoms. The van der Waals surface area contributed by atoms with Gasteiger partial charge in [-0.05, 0) is 31.9 Å². The maximum atomic E-state index is 12.8. The van der Waals surface area contributed by atoms with Crippen molar-refractivity contribution < 1.29 is 32.2 Å². The molecule has 9 heteroatoms. The second-order valence-corrected chi connectivity index (χ2v) is 8.96. The molecule has 2 rings (SSSR count). The lowest BCUT2D eigenvalue weighted by Crippen LogP contribution is -2.48. The Morgan fingerprint density at radius 2 is 1.82 bits per heavy atom. The SMILES string of the molecule is CC[C@H](C)N(C(=O)COC(=O)c1c(OC)cccc1OC)[C@H]1CCS(=O)(=O)C1. The van der Waals surface area contributed by atoms with Crippen LogP contribution in [0, 0.1) is 0 Å². The third-order valence-corrected chi connectivity index (χ3v) is 6.66. The number of esters is 1. The summed E-state index contributed by atoms with van der Waals surface area (Å²) in [7, 11) is -0.306. The molecule has 1 aliphatic heterocycles. The quantitative estimate of drug-likeness (QED) is 0.598. The Balaban J connectivity index is 2.14. The van der Waals surface area contributed by atoms with Crippen LogP contribution in [0.1, 0.15) is 37.0 Å². The predicted octanol–water partition coefficient (Wildman–Crippen LogP) is 1.67. The van der Waals surface area contributed by atoms with Crippen LogP contribution in [0.5, 0.6) is 11.5 Å². The maximum absolute atomic E-state index is 12.8. The molecule has 0 radical (unpaired) electrons. The summed E-state index contributed by atoms with van der Waals surface area (Å²) in [6.45, 7) is 3.29. The fraction of sp³-hybridized carbons (Fsp3) is 0.579. The molecule has 0 aromatic heterocycles. The Kier molecular flexibility index (Phi) is 7.29. The molecule has 156 valence electrons. The van der Waals surface area contributed by atoms with E-state index >= 15 is 0 Å². The number of carbonyl (C=O) groups excluding carboxylic acids is 2. The minimum absolute atomic E-state index is 0.0582. The molecule has 0 saturated carbocycles. The number of amides is 1.